The molecule has 1 saturated carbocycles. The summed E-state index contributed by atoms with van der Waals surface area (Å²) in [5, 5.41) is 0.624. The number of hydrogen-bond acceptors (Lipinski definition) is 3. The third-order valence-electron chi connectivity index (χ3n) is 3.18. The van der Waals surface area contributed by atoms with Crippen LogP contribution in [0.2, 0.25) is 5.15 Å². The fourth-order valence-electron chi connectivity index (χ4n) is 2.11. The van der Waals surface area contributed by atoms with Gasteiger partial charge >= 0.3 is 0 Å². The van der Waals surface area contributed by atoms with Crippen molar-refractivity contribution >= 4 is 40.1 Å². The van der Waals surface area contributed by atoms with E-state index in [1.165, 1.54) is 31.4 Å². The van der Waals surface area contributed by atoms with Gasteiger partial charge in [-0.15, -0.1) is 0 Å². The molecule has 2 aliphatic rings. The first-order chi connectivity index (χ1) is 7.75. The summed E-state index contributed by atoms with van der Waals surface area (Å²) >= 11 is 8.45. The van der Waals surface area contributed by atoms with E-state index in [0.717, 1.165) is 22.6 Å². The molecule has 1 aliphatic heterocycles. The molecule has 5 heteroatoms. The Morgan fingerprint density at radius 1 is 1.19 bits per heavy atom. The molecule has 2 heterocycles. The van der Waals surface area contributed by atoms with Gasteiger partial charge in [0.25, 0.3) is 0 Å². The fourth-order valence-corrected chi connectivity index (χ4v) is 2.96. The fraction of sp³-hybridized carbons (Fsp3) is 0.636. The predicted octanol–water partition coefficient (Wildman–Crippen LogP) is 3.21. The molecule has 2 fully saturated rings. The molecule has 1 saturated heterocycles. The molecule has 1 aromatic rings. The van der Waals surface area contributed by atoms with E-state index >= 15 is 0 Å². The lowest BCUT2D eigenvalue weighted by Crippen LogP contribution is -2.21. The van der Waals surface area contributed by atoms with Crippen molar-refractivity contribution in [2.24, 2.45) is 0 Å². The number of anilines is 1. The monoisotopic (exact) mass is 349 g/mol. The predicted molar refractivity (Wildman–Crippen MR) is 73.2 cm³/mol. The zero-order valence-electron chi connectivity index (χ0n) is 8.92. The SMILES string of the molecule is Clc1nc(N2CCCC2)nc(C2CC2)c1I. The largest absolute Gasteiger partial charge is 0.341 e. The Bertz CT molecular complexity index is 414. The van der Waals surface area contributed by atoms with E-state index in [1.807, 2.05) is 0 Å². The van der Waals surface area contributed by atoms with Gasteiger partial charge in [0.15, 0.2) is 0 Å². The summed E-state index contributed by atoms with van der Waals surface area (Å²) in [7, 11) is 0. The molecular formula is C11H13ClIN3. The van der Waals surface area contributed by atoms with Crippen molar-refractivity contribution in [2.45, 2.75) is 31.6 Å². The molecule has 3 rings (SSSR count). The number of halogens is 2. The molecule has 0 aromatic carbocycles. The van der Waals surface area contributed by atoms with Gasteiger partial charge < -0.3 is 4.90 Å². The second-order valence-corrected chi connectivity index (χ2v) is 5.92. The molecule has 1 aliphatic carbocycles. The van der Waals surface area contributed by atoms with E-state index in [0.29, 0.717) is 11.1 Å². The Kier molecular flexibility index (Phi) is 2.96. The van der Waals surface area contributed by atoms with Crippen molar-refractivity contribution in [2.75, 3.05) is 18.0 Å². The van der Waals surface area contributed by atoms with E-state index in [1.54, 1.807) is 0 Å². The van der Waals surface area contributed by atoms with Crippen LogP contribution >= 0.6 is 34.2 Å². The highest BCUT2D eigenvalue weighted by Crippen LogP contribution is 2.42. The van der Waals surface area contributed by atoms with Crippen LogP contribution in [0.25, 0.3) is 0 Å². The van der Waals surface area contributed by atoms with Crippen LogP contribution in [0.3, 0.4) is 0 Å². The van der Waals surface area contributed by atoms with Crippen molar-refractivity contribution in [3.05, 3.63) is 14.4 Å². The Balaban J connectivity index is 1.98. The van der Waals surface area contributed by atoms with Crippen LogP contribution in [0.5, 0.6) is 0 Å². The first-order valence-electron chi connectivity index (χ1n) is 5.73. The van der Waals surface area contributed by atoms with Crippen LogP contribution in [0.1, 0.15) is 37.3 Å². The summed E-state index contributed by atoms with van der Waals surface area (Å²) in [5.41, 5.74) is 1.17. The zero-order valence-corrected chi connectivity index (χ0v) is 11.8. The van der Waals surface area contributed by atoms with Gasteiger partial charge in [-0.25, -0.2) is 4.98 Å². The summed E-state index contributed by atoms with van der Waals surface area (Å²) in [6.45, 7) is 2.14. The maximum Gasteiger partial charge on any atom is 0.227 e. The maximum atomic E-state index is 6.18. The average molecular weight is 350 g/mol. The minimum absolute atomic E-state index is 0.624. The highest BCUT2D eigenvalue weighted by Gasteiger charge is 2.30. The Labute approximate surface area is 114 Å². The van der Waals surface area contributed by atoms with Crippen LogP contribution in [0.4, 0.5) is 5.95 Å². The van der Waals surface area contributed by atoms with Crippen molar-refractivity contribution in [1.29, 1.82) is 0 Å². The minimum Gasteiger partial charge on any atom is -0.341 e. The average Bonchev–Trinajstić information content (AvgIpc) is 2.96. The number of aromatic nitrogens is 2. The first-order valence-corrected chi connectivity index (χ1v) is 7.19. The third kappa shape index (κ3) is 2.01. The van der Waals surface area contributed by atoms with Gasteiger partial charge in [0.05, 0.1) is 9.26 Å². The molecule has 0 spiro atoms. The van der Waals surface area contributed by atoms with Crippen molar-refractivity contribution in [3.8, 4) is 0 Å². The molecular weight excluding hydrogens is 336 g/mol. The number of rotatable bonds is 2. The number of nitrogens with zero attached hydrogens (tertiary/aromatic N) is 3. The molecule has 1 aromatic heterocycles. The molecule has 3 nitrogen and oxygen atoms in total. The lowest BCUT2D eigenvalue weighted by Gasteiger charge is -2.16. The zero-order chi connectivity index (χ0) is 11.1. The van der Waals surface area contributed by atoms with Gasteiger partial charge in [0, 0.05) is 19.0 Å². The van der Waals surface area contributed by atoms with Crippen LogP contribution in [-0.2, 0) is 0 Å². The topological polar surface area (TPSA) is 29.0 Å². The van der Waals surface area contributed by atoms with E-state index in [4.69, 9.17) is 16.6 Å². The quantitative estimate of drug-likeness (QED) is 0.606. The van der Waals surface area contributed by atoms with Gasteiger partial charge in [-0.1, -0.05) is 11.6 Å². The normalized spacial score (nSPS) is 20.5. The Hall–Kier alpha value is -0.100. The van der Waals surface area contributed by atoms with E-state index < -0.39 is 0 Å². The van der Waals surface area contributed by atoms with Gasteiger partial charge in [-0.3, -0.25) is 0 Å². The number of hydrogen-bond donors (Lipinski definition) is 0. The van der Waals surface area contributed by atoms with Crippen LogP contribution < -0.4 is 4.90 Å². The maximum absolute atomic E-state index is 6.18. The Morgan fingerprint density at radius 2 is 1.88 bits per heavy atom. The highest BCUT2D eigenvalue weighted by atomic mass is 127. The van der Waals surface area contributed by atoms with Crippen LogP contribution in [0.15, 0.2) is 0 Å². The van der Waals surface area contributed by atoms with Gasteiger partial charge in [0.1, 0.15) is 5.15 Å². The minimum atomic E-state index is 0.624. The first kappa shape index (κ1) is 11.0. The molecule has 86 valence electrons. The molecule has 0 bridgehead atoms. The van der Waals surface area contributed by atoms with Gasteiger partial charge in [-0.2, -0.15) is 4.98 Å². The molecule has 0 amide bonds. The van der Waals surface area contributed by atoms with Gasteiger partial charge in [-0.05, 0) is 48.3 Å². The van der Waals surface area contributed by atoms with Crippen LogP contribution in [0, 0.1) is 3.57 Å². The summed E-state index contributed by atoms with van der Waals surface area (Å²) in [5.74, 6) is 1.47. The second kappa shape index (κ2) is 4.29. The van der Waals surface area contributed by atoms with E-state index in [-0.39, 0.29) is 0 Å². The standard InChI is InChI=1S/C11H13ClIN3/c12-10-8(13)9(7-3-4-7)14-11(15-10)16-5-1-2-6-16/h7H,1-6H2. The van der Waals surface area contributed by atoms with Crippen LogP contribution in [-0.4, -0.2) is 23.1 Å². The summed E-state index contributed by atoms with van der Waals surface area (Å²) in [6.07, 6.45) is 4.99. The second-order valence-electron chi connectivity index (χ2n) is 4.48. The summed E-state index contributed by atoms with van der Waals surface area (Å²) < 4.78 is 1.05. The lowest BCUT2D eigenvalue weighted by molar-refractivity contribution is 0.866. The summed E-state index contributed by atoms with van der Waals surface area (Å²) in [6, 6.07) is 0. The smallest absolute Gasteiger partial charge is 0.227 e. The molecule has 0 unspecified atom stereocenters. The lowest BCUT2D eigenvalue weighted by atomic mass is 10.3. The molecule has 16 heavy (non-hydrogen) atoms. The van der Waals surface area contributed by atoms with Crippen molar-refractivity contribution in [1.82, 2.24) is 9.97 Å². The Morgan fingerprint density at radius 3 is 2.50 bits per heavy atom. The van der Waals surface area contributed by atoms with Crippen molar-refractivity contribution < 1.29 is 0 Å². The highest BCUT2D eigenvalue weighted by molar-refractivity contribution is 14.1. The molecule has 0 radical (unpaired) electrons. The summed E-state index contributed by atoms with van der Waals surface area (Å²) in [4.78, 5) is 11.3. The van der Waals surface area contributed by atoms with E-state index in [9.17, 15) is 0 Å². The van der Waals surface area contributed by atoms with E-state index in [2.05, 4.69) is 32.5 Å². The third-order valence-corrected chi connectivity index (χ3v) is 4.83. The molecule has 0 atom stereocenters. The van der Waals surface area contributed by atoms with Gasteiger partial charge in [0.2, 0.25) is 5.95 Å². The molecule has 0 N–H and O–H groups in total. The van der Waals surface area contributed by atoms with Crippen molar-refractivity contribution in [3.63, 3.8) is 0 Å².